The van der Waals surface area contributed by atoms with Crippen LogP contribution in [0.4, 0.5) is 4.39 Å². The zero-order valence-electron chi connectivity index (χ0n) is 14.8. The molecule has 0 spiro atoms. The fourth-order valence-electron chi connectivity index (χ4n) is 3.91. The number of benzene rings is 1. The number of halogens is 2. The molecule has 0 saturated carbocycles. The standard InChI is InChI=1S/C19H23FN4O.ClH/c1-12-11-21-10-9-15(12)22-19(25)18-13-5-4-8-16(13)24(23-18)17-7-3-2-6-14(17)20;/h2-3,6-7,12,15,21H,4-5,8-11H2,1H3,(H,22,25);1H. The van der Waals surface area contributed by atoms with Gasteiger partial charge in [-0.05, 0) is 56.8 Å². The number of fused-ring (bicyclic) bond motifs is 1. The summed E-state index contributed by atoms with van der Waals surface area (Å²) in [7, 11) is 0. The van der Waals surface area contributed by atoms with Crippen molar-refractivity contribution >= 4 is 18.3 Å². The molecule has 26 heavy (non-hydrogen) atoms. The van der Waals surface area contributed by atoms with Crippen LogP contribution in [0, 0.1) is 11.7 Å². The van der Waals surface area contributed by atoms with Crippen molar-refractivity contribution in [2.24, 2.45) is 5.92 Å². The maximum Gasteiger partial charge on any atom is 0.272 e. The Labute approximate surface area is 158 Å². The molecule has 4 rings (SSSR count). The van der Waals surface area contributed by atoms with Crippen LogP contribution in [0.5, 0.6) is 0 Å². The van der Waals surface area contributed by atoms with Crippen LogP contribution in [-0.4, -0.2) is 34.8 Å². The van der Waals surface area contributed by atoms with Crippen LogP contribution >= 0.6 is 12.4 Å². The minimum absolute atomic E-state index is 0. The molecular weight excluding hydrogens is 355 g/mol. The van der Waals surface area contributed by atoms with E-state index in [-0.39, 0.29) is 30.2 Å². The number of piperidine rings is 1. The predicted octanol–water partition coefficient (Wildman–Crippen LogP) is 2.65. The van der Waals surface area contributed by atoms with E-state index in [1.165, 1.54) is 6.07 Å². The van der Waals surface area contributed by atoms with Crippen molar-refractivity contribution in [2.75, 3.05) is 13.1 Å². The Morgan fingerprint density at radius 2 is 2.15 bits per heavy atom. The predicted molar refractivity (Wildman–Crippen MR) is 101 cm³/mol. The third kappa shape index (κ3) is 3.35. The van der Waals surface area contributed by atoms with Crippen LogP contribution in [0.2, 0.25) is 0 Å². The van der Waals surface area contributed by atoms with Gasteiger partial charge in [0.25, 0.3) is 5.91 Å². The van der Waals surface area contributed by atoms with Crippen LogP contribution in [0.15, 0.2) is 24.3 Å². The Morgan fingerprint density at radius 1 is 1.35 bits per heavy atom. The lowest BCUT2D eigenvalue weighted by molar-refractivity contribution is 0.0907. The molecule has 1 aliphatic carbocycles. The Bertz CT molecular complexity index is 807. The van der Waals surface area contributed by atoms with Crippen molar-refractivity contribution in [1.29, 1.82) is 0 Å². The fraction of sp³-hybridized carbons (Fsp3) is 0.474. The summed E-state index contributed by atoms with van der Waals surface area (Å²) in [4.78, 5) is 12.8. The molecule has 5 nitrogen and oxygen atoms in total. The smallest absolute Gasteiger partial charge is 0.272 e. The summed E-state index contributed by atoms with van der Waals surface area (Å²) in [5.74, 6) is -0.0648. The molecule has 0 bridgehead atoms. The molecule has 1 aliphatic heterocycles. The van der Waals surface area contributed by atoms with Crippen molar-refractivity contribution in [3.05, 3.63) is 47.0 Å². The SMILES string of the molecule is CC1CNCCC1NC(=O)c1nn(-c2ccccc2F)c2c1CCC2.Cl. The highest BCUT2D eigenvalue weighted by atomic mass is 35.5. The monoisotopic (exact) mass is 378 g/mol. The molecule has 2 unspecified atom stereocenters. The Balaban J connectivity index is 0.00000196. The van der Waals surface area contributed by atoms with Gasteiger partial charge in [0.15, 0.2) is 5.69 Å². The molecule has 1 fully saturated rings. The van der Waals surface area contributed by atoms with E-state index in [2.05, 4.69) is 22.7 Å². The summed E-state index contributed by atoms with van der Waals surface area (Å²) in [5, 5.41) is 11.0. The van der Waals surface area contributed by atoms with Crippen molar-refractivity contribution in [3.63, 3.8) is 0 Å². The molecule has 7 heteroatoms. The maximum atomic E-state index is 14.2. The lowest BCUT2D eigenvalue weighted by Crippen LogP contribution is -2.48. The number of amides is 1. The molecule has 1 aromatic heterocycles. The summed E-state index contributed by atoms with van der Waals surface area (Å²) < 4.78 is 15.8. The molecule has 140 valence electrons. The Hall–Kier alpha value is -1.92. The van der Waals surface area contributed by atoms with E-state index >= 15 is 0 Å². The second-order valence-electron chi connectivity index (χ2n) is 7.04. The minimum atomic E-state index is -0.321. The van der Waals surface area contributed by atoms with Crippen molar-refractivity contribution in [1.82, 2.24) is 20.4 Å². The van der Waals surface area contributed by atoms with E-state index < -0.39 is 0 Å². The third-order valence-corrected chi connectivity index (χ3v) is 5.33. The fourth-order valence-corrected chi connectivity index (χ4v) is 3.91. The lowest BCUT2D eigenvalue weighted by Gasteiger charge is -2.30. The highest BCUT2D eigenvalue weighted by molar-refractivity contribution is 5.94. The first kappa shape index (κ1) is 18.9. The number of nitrogens with zero attached hydrogens (tertiary/aromatic N) is 2. The van der Waals surface area contributed by atoms with E-state index in [9.17, 15) is 9.18 Å². The zero-order valence-corrected chi connectivity index (χ0v) is 15.6. The molecular formula is C19H24ClFN4O. The van der Waals surface area contributed by atoms with Crippen molar-refractivity contribution in [2.45, 2.75) is 38.6 Å². The average molecular weight is 379 g/mol. The normalized spacial score (nSPS) is 21.8. The number of hydrogen-bond acceptors (Lipinski definition) is 3. The summed E-state index contributed by atoms with van der Waals surface area (Å²) >= 11 is 0. The largest absolute Gasteiger partial charge is 0.348 e. The number of nitrogens with one attached hydrogen (secondary N) is 2. The highest BCUT2D eigenvalue weighted by Crippen LogP contribution is 2.29. The van der Waals surface area contributed by atoms with Gasteiger partial charge < -0.3 is 10.6 Å². The molecule has 1 amide bonds. The Kier molecular flexibility index (Phi) is 5.63. The number of hydrogen-bond donors (Lipinski definition) is 2. The second-order valence-corrected chi connectivity index (χ2v) is 7.04. The zero-order chi connectivity index (χ0) is 17.4. The van der Waals surface area contributed by atoms with Crippen LogP contribution in [-0.2, 0) is 12.8 Å². The van der Waals surface area contributed by atoms with Gasteiger partial charge in [0.1, 0.15) is 11.5 Å². The van der Waals surface area contributed by atoms with Gasteiger partial charge in [-0.3, -0.25) is 4.79 Å². The first-order valence-electron chi connectivity index (χ1n) is 9.02. The quantitative estimate of drug-likeness (QED) is 0.863. The van der Waals surface area contributed by atoms with Gasteiger partial charge in [-0.1, -0.05) is 19.1 Å². The topological polar surface area (TPSA) is 58.9 Å². The van der Waals surface area contributed by atoms with Gasteiger partial charge in [-0.2, -0.15) is 5.10 Å². The van der Waals surface area contributed by atoms with E-state index in [4.69, 9.17) is 0 Å². The van der Waals surface area contributed by atoms with Gasteiger partial charge in [0.05, 0.1) is 0 Å². The molecule has 1 aromatic carbocycles. The number of aromatic nitrogens is 2. The summed E-state index contributed by atoms with van der Waals surface area (Å²) in [6.07, 6.45) is 3.55. The number of carbonyl (C=O) groups is 1. The third-order valence-electron chi connectivity index (χ3n) is 5.33. The second kappa shape index (κ2) is 7.76. The highest BCUT2D eigenvalue weighted by Gasteiger charge is 2.30. The van der Waals surface area contributed by atoms with Crippen molar-refractivity contribution < 1.29 is 9.18 Å². The molecule has 2 N–H and O–H groups in total. The summed E-state index contributed by atoms with van der Waals surface area (Å²) in [5.41, 5.74) is 2.81. The molecule has 2 atom stereocenters. The summed E-state index contributed by atoms with van der Waals surface area (Å²) in [6.45, 7) is 3.96. The van der Waals surface area contributed by atoms with Gasteiger partial charge in [0, 0.05) is 17.3 Å². The number of para-hydroxylation sites is 1. The van der Waals surface area contributed by atoms with Crippen LogP contribution in [0.1, 0.15) is 41.5 Å². The van der Waals surface area contributed by atoms with Gasteiger partial charge in [-0.25, -0.2) is 9.07 Å². The van der Waals surface area contributed by atoms with Gasteiger partial charge >= 0.3 is 0 Å². The molecule has 2 aliphatic rings. The minimum Gasteiger partial charge on any atom is -0.348 e. The average Bonchev–Trinajstić information content (AvgIpc) is 3.20. The molecule has 0 radical (unpaired) electrons. The first-order chi connectivity index (χ1) is 12.1. The Morgan fingerprint density at radius 3 is 2.92 bits per heavy atom. The van der Waals surface area contributed by atoms with Crippen LogP contribution in [0.3, 0.4) is 0 Å². The van der Waals surface area contributed by atoms with Crippen LogP contribution in [0.25, 0.3) is 5.69 Å². The maximum absolute atomic E-state index is 14.2. The number of carbonyl (C=O) groups excluding carboxylic acids is 1. The van der Waals surface area contributed by atoms with E-state index in [1.54, 1.807) is 22.9 Å². The van der Waals surface area contributed by atoms with E-state index in [1.807, 2.05) is 0 Å². The van der Waals surface area contributed by atoms with Crippen LogP contribution < -0.4 is 10.6 Å². The first-order valence-corrected chi connectivity index (χ1v) is 9.02. The molecule has 1 saturated heterocycles. The molecule has 2 heterocycles. The van der Waals surface area contributed by atoms with Gasteiger partial charge in [-0.15, -0.1) is 12.4 Å². The van der Waals surface area contributed by atoms with Crippen molar-refractivity contribution in [3.8, 4) is 5.69 Å². The van der Waals surface area contributed by atoms with E-state index in [0.717, 1.165) is 50.0 Å². The number of rotatable bonds is 3. The summed E-state index contributed by atoms with van der Waals surface area (Å²) in [6, 6.07) is 6.74. The lowest BCUT2D eigenvalue weighted by atomic mass is 9.95. The van der Waals surface area contributed by atoms with E-state index in [0.29, 0.717) is 17.3 Å². The van der Waals surface area contributed by atoms with Gasteiger partial charge in [0.2, 0.25) is 0 Å². The molecule has 2 aromatic rings.